The zero-order chi connectivity index (χ0) is 19.3. The van der Waals surface area contributed by atoms with Gasteiger partial charge in [0.15, 0.2) is 5.82 Å². The van der Waals surface area contributed by atoms with Crippen LogP contribution in [0.15, 0.2) is 72.8 Å². The zero-order valence-corrected chi connectivity index (χ0v) is 16.3. The molecule has 0 unspecified atom stereocenters. The number of anilines is 2. The molecular formula is C23H20ClN3O. The minimum absolute atomic E-state index is 0.643. The smallest absolute Gasteiger partial charge is 0.162 e. The summed E-state index contributed by atoms with van der Waals surface area (Å²) in [6.45, 7) is 2.79. The normalized spacial score (nSPS) is 10.8. The fraction of sp³-hybridized carbons (Fsp3) is 0.130. The number of aromatic nitrogens is 2. The van der Waals surface area contributed by atoms with Crippen molar-refractivity contribution in [3.63, 3.8) is 0 Å². The van der Waals surface area contributed by atoms with Crippen molar-refractivity contribution < 1.29 is 4.74 Å². The quantitative estimate of drug-likeness (QED) is 0.409. The zero-order valence-electron chi connectivity index (χ0n) is 15.5. The van der Waals surface area contributed by atoms with Crippen molar-refractivity contribution in [3.8, 4) is 17.1 Å². The molecule has 4 nitrogen and oxygen atoms in total. The molecule has 0 saturated carbocycles. The van der Waals surface area contributed by atoms with Gasteiger partial charge in [0.2, 0.25) is 0 Å². The van der Waals surface area contributed by atoms with Crippen molar-refractivity contribution in [1.82, 2.24) is 9.97 Å². The van der Waals surface area contributed by atoms with E-state index in [4.69, 9.17) is 26.3 Å². The first kappa shape index (κ1) is 18.3. The summed E-state index contributed by atoms with van der Waals surface area (Å²) in [5.74, 6) is 2.22. The van der Waals surface area contributed by atoms with Gasteiger partial charge in [0.25, 0.3) is 0 Å². The fourth-order valence-electron chi connectivity index (χ4n) is 2.91. The summed E-state index contributed by atoms with van der Waals surface area (Å²) in [7, 11) is 0. The first-order valence-electron chi connectivity index (χ1n) is 9.26. The standard InChI is InChI=1S/C23H20ClN3O/c1-2-15-28-17-13-11-16(12-14-17)22-25-20-9-5-3-7-18(20)23(27-22)26-21-10-6-4-8-19(21)24/h3-14H,2,15H2,1H3,(H,25,26,27). The maximum Gasteiger partial charge on any atom is 0.162 e. The lowest BCUT2D eigenvalue weighted by Crippen LogP contribution is -2.00. The Balaban J connectivity index is 1.74. The number of ether oxygens (including phenoxy) is 1. The molecule has 0 spiro atoms. The molecule has 1 heterocycles. The van der Waals surface area contributed by atoms with Gasteiger partial charge < -0.3 is 10.1 Å². The SMILES string of the molecule is CCCOc1ccc(-c2nc(Nc3ccccc3Cl)c3ccccc3n2)cc1. The highest BCUT2D eigenvalue weighted by Gasteiger charge is 2.11. The van der Waals surface area contributed by atoms with E-state index in [-0.39, 0.29) is 0 Å². The van der Waals surface area contributed by atoms with Crippen molar-refractivity contribution in [2.45, 2.75) is 13.3 Å². The second-order valence-corrected chi connectivity index (χ2v) is 6.80. The summed E-state index contributed by atoms with van der Waals surface area (Å²) >= 11 is 6.32. The van der Waals surface area contributed by atoms with Crippen LogP contribution in [0.4, 0.5) is 11.5 Å². The van der Waals surface area contributed by atoms with E-state index in [1.54, 1.807) is 0 Å². The molecule has 0 radical (unpaired) electrons. The molecule has 4 aromatic rings. The Morgan fingerprint density at radius 3 is 2.43 bits per heavy atom. The summed E-state index contributed by atoms with van der Waals surface area (Å²) in [5, 5.41) is 4.94. The molecule has 1 aromatic heterocycles. The third kappa shape index (κ3) is 3.92. The average molecular weight is 390 g/mol. The van der Waals surface area contributed by atoms with Crippen LogP contribution in [0.5, 0.6) is 5.75 Å². The van der Waals surface area contributed by atoms with Gasteiger partial charge in [0.05, 0.1) is 22.8 Å². The third-order valence-corrected chi connectivity index (χ3v) is 4.65. The van der Waals surface area contributed by atoms with E-state index in [2.05, 4.69) is 12.2 Å². The van der Waals surface area contributed by atoms with Gasteiger partial charge in [-0.15, -0.1) is 0 Å². The lowest BCUT2D eigenvalue weighted by atomic mass is 10.1. The summed E-state index contributed by atoms with van der Waals surface area (Å²) in [6, 6.07) is 23.4. The van der Waals surface area contributed by atoms with Gasteiger partial charge in [-0.2, -0.15) is 0 Å². The highest BCUT2D eigenvalue weighted by Crippen LogP contribution is 2.30. The second-order valence-electron chi connectivity index (χ2n) is 6.39. The predicted molar refractivity (Wildman–Crippen MR) is 115 cm³/mol. The number of nitrogens with one attached hydrogen (secondary N) is 1. The third-order valence-electron chi connectivity index (χ3n) is 4.32. The maximum atomic E-state index is 6.32. The van der Waals surface area contributed by atoms with Crippen molar-refractivity contribution >= 4 is 34.0 Å². The second kappa shape index (κ2) is 8.28. The van der Waals surface area contributed by atoms with E-state index < -0.39 is 0 Å². The molecule has 0 amide bonds. The number of hydrogen-bond acceptors (Lipinski definition) is 4. The minimum atomic E-state index is 0.643. The lowest BCUT2D eigenvalue weighted by Gasteiger charge is -2.12. The van der Waals surface area contributed by atoms with Crippen LogP contribution in [0.1, 0.15) is 13.3 Å². The van der Waals surface area contributed by atoms with E-state index in [0.717, 1.165) is 40.1 Å². The van der Waals surface area contributed by atoms with Crippen LogP contribution < -0.4 is 10.1 Å². The highest BCUT2D eigenvalue weighted by molar-refractivity contribution is 6.33. The van der Waals surface area contributed by atoms with Gasteiger partial charge >= 0.3 is 0 Å². The Morgan fingerprint density at radius 1 is 0.893 bits per heavy atom. The first-order chi connectivity index (χ1) is 13.7. The fourth-order valence-corrected chi connectivity index (χ4v) is 3.09. The van der Waals surface area contributed by atoms with E-state index >= 15 is 0 Å². The summed E-state index contributed by atoms with van der Waals surface area (Å²) in [4.78, 5) is 9.51. The van der Waals surface area contributed by atoms with Gasteiger partial charge in [-0.3, -0.25) is 0 Å². The summed E-state index contributed by atoms with van der Waals surface area (Å²) in [5.41, 5.74) is 2.60. The first-order valence-corrected chi connectivity index (χ1v) is 9.64. The highest BCUT2D eigenvalue weighted by atomic mass is 35.5. The number of halogens is 1. The topological polar surface area (TPSA) is 47.0 Å². The van der Waals surface area contributed by atoms with Crippen LogP contribution in [-0.2, 0) is 0 Å². The molecular weight excluding hydrogens is 370 g/mol. The summed E-state index contributed by atoms with van der Waals surface area (Å²) in [6.07, 6.45) is 0.979. The minimum Gasteiger partial charge on any atom is -0.494 e. The van der Waals surface area contributed by atoms with Crippen molar-refractivity contribution in [1.29, 1.82) is 0 Å². The number of para-hydroxylation sites is 2. The molecule has 4 rings (SSSR count). The van der Waals surface area contributed by atoms with Crippen molar-refractivity contribution in [2.75, 3.05) is 11.9 Å². The van der Waals surface area contributed by atoms with Crippen LogP contribution in [0.2, 0.25) is 5.02 Å². The Morgan fingerprint density at radius 2 is 1.64 bits per heavy atom. The molecule has 3 aromatic carbocycles. The molecule has 0 atom stereocenters. The molecule has 1 N–H and O–H groups in total. The van der Waals surface area contributed by atoms with E-state index in [9.17, 15) is 0 Å². The van der Waals surface area contributed by atoms with Crippen molar-refractivity contribution in [3.05, 3.63) is 77.8 Å². The number of nitrogens with zero attached hydrogens (tertiary/aromatic N) is 2. The average Bonchev–Trinajstić information content (AvgIpc) is 2.74. The predicted octanol–water partition coefficient (Wildman–Crippen LogP) is 6.48. The molecule has 0 aliphatic carbocycles. The Bertz CT molecular complexity index is 1100. The van der Waals surface area contributed by atoms with Gasteiger partial charge in [-0.05, 0) is 55.0 Å². The van der Waals surface area contributed by atoms with Crippen LogP contribution in [-0.4, -0.2) is 16.6 Å². The Hall–Kier alpha value is -3.11. The number of benzene rings is 3. The van der Waals surface area contributed by atoms with E-state index in [1.807, 2.05) is 72.8 Å². The van der Waals surface area contributed by atoms with E-state index in [0.29, 0.717) is 17.5 Å². The van der Waals surface area contributed by atoms with Crippen LogP contribution in [0.3, 0.4) is 0 Å². The summed E-state index contributed by atoms with van der Waals surface area (Å²) < 4.78 is 5.66. The molecule has 5 heteroatoms. The molecule has 0 aliphatic heterocycles. The monoisotopic (exact) mass is 389 g/mol. The van der Waals surface area contributed by atoms with Gasteiger partial charge in [-0.25, -0.2) is 9.97 Å². The Labute approximate surface area is 169 Å². The molecule has 28 heavy (non-hydrogen) atoms. The van der Waals surface area contributed by atoms with Gasteiger partial charge in [-0.1, -0.05) is 42.8 Å². The molecule has 0 bridgehead atoms. The van der Waals surface area contributed by atoms with Gasteiger partial charge in [0, 0.05) is 10.9 Å². The molecule has 0 aliphatic rings. The largest absolute Gasteiger partial charge is 0.494 e. The number of fused-ring (bicyclic) bond motifs is 1. The molecule has 0 fully saturated rings. The van der Waals surface area contributed by atoms with E-state index in [1.165, 1.54) is 0 Å². The van der Waals surface area contributed by atoms with Crippen LogP contribution in [0.25, 0.3) is 22.3 Å². The molecule has 0 saturated heterocycles. The lowest BCUT2D eigenvalue weighted by molar-refractivity contribution is 0.317. The maximum absolute atomic E-state index is 6.32. The Kier molecular flexibility index (Phi) is 5.40. The molecule has 140 valence electrons. The van der Waals surface area contributed by atoms with Crippen LogP contribution in [0, 0.1) is 0 Å². The van der Waals surface area contributed by atoms with Crippen molar-refractivity contribution in [2.24, 2.45) is 0 Å². The number of rotatable bonds is 6. The number of hydrogen-bond donors (Lipinski definition) is 1. The van der Waals surface area contributed by atoms with Crippen LogP contribution >= 0.6 is 11.6 Å². The van der Waals surface area contributed by atoms with Gasteiger partial charge in [0.1, 0.15) is 11.6 Å².